The molecule has 126 valence electrons. The summed E-state index contributed by atoms with van der Waals surface area (Å²) in [5, 5.41) is 5.53. The van der Waals surface area contributed by atoms with Crippen molar-refractivity contribution in [3.63, 3.8) is 0 Å². The van der Waals surface area contributed by atoms with Gasteiger partial charge in [-0.05, 0) is 43.0 Å². The van der Waals surface area contributed by atoms with E-state index in [1.54, 1.807) is 6.20 Å². The summed E-state index contributed by atoms with van der Waals surface area (Å²) in [5.74, 6) is 0.763. The zero-order valence-electron chi connectivity index (χ0n) is 14.1. The minimum Gasteiger partial charge on any atom is -0.315 e. The normalized spacial score (nSPS) is 17.4. The number of aromatic nitrogens is 1. The van der Waals surface area contributed by atoms with Crippen LogP contribution < -0.4 is 10.2 Å². The molecule has 4 rings (SSSR count). The zero-order valence-corrected chi connectivity index (χ0v) is 14.1. The predicted molar refractivity (Wildman–Crippen MR) is 101 cm³/mol. The first-order valence-electron chi connectivity index (χ1n) is 8.77. The number of anilines is 1. The molecule has 1 N–H and O–H groups in total. The average Bonchev–Trinajstić information content (AvgIpc) is 2.70. The number of piperidine rings is 1. The quantitative estimate of drug-likeness (QED) is 0.797. The van der Waals surface area contributed by atoms with E-state index in [4.69, 9.17) is 0 Å². The first kappa shape index (κ1) is 15.8. The van der Waals surface area contributed by atoms with Crippen LogP contribution in [0, 0.1) is 0 Å². The van der Waals surface area contributed by atoms with Gasteiger partial charge in [0.25, 0.3) is 5.91 Å². The lowest BCUT2D eigenvalue weighted by Gasteiger charge is -2.34. The Bertz CT molecular complexity index is 867. The Morgan fingerprint density at radius 3 is 2.64 bits per heavy atom. The largest absolute Gasteiger partial charge is 0.315 e. The molecule has 3 aromatic rings. The third kappa shape index (κ3) is 3.13. The number of rotatable bonds is 3. The molecule has 1 aliphatic heterocycles. The lowest BCUT2D eigenvalue weighted by molar-refractivity contribution is 0.0972. The van der Waals surface area contributed by atoms with E-state index in [2.05, 4.69) is 16.4 Å². The van der Waals surface area contributed by atoms with Crippen LogP contribution in [0.5, 0.6) is 0 Å². The van der Waals surface area contributed by atoms with Crippen LogP contribution in [0.2, 0.25) is 0 Å². The monoisotopic (exact) mass is 331 g/mol. The fourth-order valence-corrected chi connectivity index (χ4v) is 3.50. The highest BCUT2D eigenvalue weighted by Crippen LogP contribution is 2.28. The fourth-order valence-electron chi connectivity index (χ4n) is 3.50. The van der Waals surface area contributed by atoms with Crippen LogP contribution in [-0.4, -0.2) is 30.0 Å². The second kappa shape index (κ2) is 7.03. The van der Waals surface area contributed by atoms with Crippen LogP contribution in [0.1, 0.15) is 23.2 Å². The summed E-state index contributed by atoms with van der Waals surface area (Å²) in [6.45, 7) is 1.80. The number of nitrogens with one attached hydrogen (secondary N) is 1. The molecule has 4 heteroatoms. The standard InChI is InChI=1S/C21H21N3O/c25-21(17-8-2-1-3-9-17)24(18-10-6-13-22-15-18)20-19-11-5-4-7-16(19)12-14-23-20/h1-5,7-9,11-12,14,18,22H,6,10,13,15H2/t18-/m1/s1. The molecular formula is C21H21N3O. The van der Waals surface area contributed by atoms with Crippen molar-refractivity contribution in [1.82, 2.24) is 10.3 Å². The molecular weight excluding hydrogens is 310 g/mol. The molecule has 1 aliphatic rings. The molecule has 25 heavy (non-hydrogen) atoms. The molecule has 0 saturated carbocycles. The number of amides is 1. The third-order valence-corrected chi connectivity index (χ3v) is 4.76. The van der Waals surface area contributed by atoms with Gasteiger partial charge < -0.3 is 5.32 Å². The van der Waals surface area contributed by atoms with Gasteiger partial charge >= 0.3 is 0 Å². The molecule has 1 saturated heterocycles. The minimum absolute atomic E-state index is 0.0122. The number of fused-ring (bicyclic) bond motifs is 1. The number of pyridine rings is 1. The smallest absolute Gasteiger partial charge is 0.259 e. The van der Waals surface area contributed by atoms with E-state index >= 15 is 0 Å². The van der Waals surface area contributed by atoms with E-state index < -0.39 is 0 Å². The van der Waals surface area contributed by atoms with Crippen LogP contribution in [-0.2, 0) is 0 Å². The van der Waals surface area contributed by atoms with E-state index in [9.17, 15) is 4.79 Å². The maximum atomic E-state index is 13.3. The highest BCUT2D eigenvalue weighted by molar-refractivity contribution is 6.10. The zero-order chi connectivity index (χ0) is 17.1. The lowest BCUT2D eigenvalue weighted by atomic mass is 10.0. The van der Waals surface area contributed by atoms with Gasteiger partial charge in [-0.25, -0.2) is 4.98 Å². The van der Waals surface area contributed by atoms with Crippen molar-refractivity contribution >= 4 is 22.5 Å². The molecule has 1 amide bonds. The van der Waals surface area contributed by atoms with Gasteiger partial charge in [-0.2, -0.15) is 0 Å². The highest BCUT2D eigenvalue weighted by Gasteiger charge is 2.29. The molecule has 0 radical (unpaired) electrons. The van der Waals surface area contributed by atoms with Gasteiger partial charge in [0, 0.05) is 23.7 Å². The molecule has 1 aromatic heterocycles. The van der Waals surface area contributed by atoms with E-state index in [1.807, 2.05) is 59.5 Å². The first-order chi connectivity index (χ1) is 12.3. The Balaban J connectivity index is 1.83. The summed E-state index contributed by atoms with van der Waals surface area (Å²) in [4.78, 5) is 19.8. The van der Waals surface area contributed by atoms with Gasteiger partial charge in [-0.15, -0.1) is 0 Å². The SMILES string of the molecule is O=C(c1ccccc1)N(c1nccc2ccccc12)[C@@H]1CCCNC1. The molecule has 0 unspecified atom stereocenters. The molecule has 0 aliphatic carbocycles. The average molecular weight is 331 g/mol. The van der Waals surface area contributed by atoms with Crippen LogP contribution in [0.4, 0.5) is 5.82 Å². The molecule has 1 atom stereocenters. The topological polar surface area (TPSA) is 45.2 Å². The molecule has 0 spiro atoms. The lowest BCUT2D eigenvalue weighted by Crippen LogP contribution is -2.49. The molecule has 0 bridgehead atoms. The molecule has 1 fully saturated rings. The van der Waals surface area contributed by atoms with Crippen LogP contribution >= 0.6 is 0 Å². The van der Waals surface area contributed by atoms with Crippen molar-refractivity contribution in [2.75, 3.05) is 18.0 Å². The van der Waals surface area contributed by atoms with Crippen molar-refractivity contribution in [2.45, 2.75) is 18.9 Å². The van der Waals surface area contributed by atoms with Gasteiger partial charge in [0.1, 0.15) is 5.82 Å². The molecule has 2 heterocycles. The van der Waals surface area contributed by atoms with E-state index in [1.165, 1.54) is 0 Å². The number of carbonyl (C=O) groups excluding carboxylic acids is 1. The van der Waals surface area contributed by atoms with Crippen LogP contribution in [0.3, 0.4) is 0 Å². The summed E-state index contributed by atoms with van der Waals surface area (Å²) in [5.41, 5.74) is 0.697. The van der Waals surface area contributed by atoms with Crippen molar-refractivity contribution < 1.29 is 4.79 Å². The molecule has 4 nitrogen and oxygen atoms in total. The van der Waals surface area contributed by atoms with Crippen molar-refractivity contribution in [1.29, 1.82) is 0 Å². The second-order valence-corrected chi connectivity index (χ2v) is 6.40. The Labute approximate surface area is 147 Å². The highest BCUT2D eigenvalue weighted by atomic mass is 16.2. The van der Waals surface area contributed by atoms with Gasteiger partial charge in [0.2, 0.25) is 0 Å². The predicted octanol–water partition coefficient (Wildman–Crippen LogP) is 3.63. The summed E-state index contributed by atoms with van der Waals surface area (Å²) in [6.07, 6.45) is 3.84. The summed E-state index contributed by atoms with van der Waals surface area (Å²) < 4.78 is 0. The van der Waals surface area contributed by atoms with E-state index in [-0.39, 0.29) is 11.9 Å². The minimum atomic E-state index is 0.0122. The number of nitrogens with zero attached hydrogens (tertiary/aromatic N) is 2. The number of hydrogen-bond donors (Lipinski definition) is 1. The molecule has 2 aromatic carbocycles. The Hall–Kier alpha value is -2.72. The fraction of sp³-hybridized carbons (Fsp3) is 0.238. The van der Waals surface area contributed by atoms with Crippen molar-refractivity contribution in [3.8, 4) is 0 Å². The summed E-state index contributed by atoms with van der Waals surface area (Å²) in [6, 6.07) is 19.7. The van der Waals surface area contributed by atoms with E-state index in [0.29, 0.717) is 5.56 Å². The maximum Gasteiger partial charge on any atom is 0.259 e. The maximum absolute atomic E-state index is 13.3. The van der Waals surface area contributed by atoms with Gasteiger partial charge in [0.05, 0.1) is 6.04 Å². The van der Waals surface area contributed by atoms with E-state index in [0.717, 1.165) is 42.5 Å². The summed E-state index contributed by atoms with van der Waals surface area (Å²) >= 11 is 0. The first-order valence-corrected chi connectivity index (χ1v) is 8.77. The van der Waals surface area contributed by atoms with Crippen molar-refractivity contribution in [3.05, 3.63) is 72.4 Å². The Morgan fingerprint density at radius 1 is 1.04 bits per heavy atom. The Kier molecular flexibility index (Phi) is 4.44. The van der Waals surface area contributed by atoms with Gasteiger partial charge in [-0.3, -0.25) is 9.69 Å². The van der Waals surface area contributed by atoms with Gasteiger partial charge in [-0.1, -0.05) is 42.5 Å². The second-order valence-electron chi connectivity index (χ2n) is 6.40. The summed E-state index contributed by atoms with van der Waals surface area (Å²) in [7, 11) is 0. The van der Waals surface area contributed by atoms with Crippen LogP contribution in [0.15, 0.2) is 66.9 Å². The van der Waals surface area contributed by atoms with Gasteiger partial charge in [0.15, 0.2) is 0 Å². The van der Waals surface area contributed by atoms with Crippen LogP contribution in [0.25, 0.3) is 10.8 Å². The number of hydrogen-bond acceptors (Lipinski definition) is 3. The number of carbonyl (C=O) groups is 1. The van der Waals surface area contributed by atoms with Crippen molar-refractivity contribution in [2.24, 2.45) is 0 Å². The number of benzene rings is 2. The third-order valence-electron chi connectivity index (χ3n) is 4.76. The Morgan fingerprint density at radius 2 is 1.84 bits per heavy atom.